The van der Waals surface area contributed by atoms with Crippen molar-refractivity contribution in [2.75, 3.05) is 6.54 Å². The van der Waals surface area contributed by atoms with Gasteiger partial charge >= 0.3 is 0 Å². The maximum Gasteiger partial charge on any atom is 0.253 e. The number of hydrogen-bond acceptors (Lipinski definition) is 4. The lowest BCUT2D eigenvalue weighted by Gasteiger charge is -2.10. The number of halogens is 1. The molecule has 26 heavy (non-hydrogen) atoms. The lowest BCUT2D eigenvalue weighted by atomic mass is 10.1. The van der Waals surface area contributed by atoms with Gasteiger partial charge < -0.3 is 9.88 Å². The van der Waals surface area contributed by atoms with Crippen LogP contribution in [0.4, 0.5) is 0 Å². The van der Waals surface area contributed by atoms with Crippen molar-refractivity contribution in [2.24, 2.45) is 0 Å². The number of hydrogen-bond donors (Lipinski definition) is 1. The quantitative estimate of drug-likeness (QED) is 0.589. The Morgan fingerprint density at radius 1 is 1.15 bits per heavy atom. The van der Waals surface area contributed by atoms with E-state index in [0.717, 1.165) is 10.9 Å². The molecule has 1 amide bonds. The van der Waals surface area contributed by atoms with Crippen LogP contribution in [0.25, 0.3) is 16.6 Å². The molecular formula is C18H15ClN6O. The van der Waals surface area contributed by atoms with E-state index in [4.69, 9.17) is 11.6 Å². The van der Waals surface area contributed by atoms with Crippen molar-refractivity contribution in [3.05, 3.63) is 71.6 Å². The van der Waals surface area contributed by atoms with Crippen molar-refractivity contribution < 1.29 is 4.79 Å². The lowest BCUT2D eigenvalue weighted by Crippen LogP contribution is -2.28. The Hall–Kier alpha value is -3.19. The first-order valence-electron chi connectivity index (χ1n) is 8.07. The van der Waals surface area contributed by atoms with Gasteiger partial charge in [-0.05, 0) is 46.8 Å². The number of carbonyl (C=O) groups is 1. The van der Waals surface area contributed by atoms with E-state index in [-0.39, 0.29) is 5.91 Å². The minimum absolute atomic E-state index is 0.171. The van der Waals surface area contributed by atoms with Crippen molar-refractivity contribution >= 4 is 28.4 Å². The van der Waals surface area contributed by atoms with Crippen LogP contribution in [0.1, 0.15) is 10.4 Å². The highest BCUT2D eigenvalue weighted by Gasteiger charge is 2.13. The molecule has 0 atom stereocenters. The zero-order valence-electron chi connectivity index (χ0n) is 13.7. The number of aromatic nitrogens is 5. The Bertz CT molecular complexity index is 1060. The molecule has 0 aliphatic rings. The van der Waals surface area contributed by atoms with Crippen molar-refractivity contribution in [1.29, 1.82) is 0 Å². The molecule has 2 aromatic heterocycles. The predicted octanol–water partition coefficient (Wildman–Crippen LogP) is 2.70. The molecule has 2 aromatic carbocycles. The number of para-hydroxylation sites is 1. The number of amides is 1. The monoisotopic (exact) mass is 366 g/mol. The first-order chi connectivity index (χ1) is 12.7. The molecule has 2 heterocycles. The zero-order valence-corrected chi connectivity index (χ0v) is 14.5. The number of fused-ring (bicyclic) bond motifs is 1. The Morgan fingerprint density at radius 3 is 2.88 bits per heavy atom. The Morgan fingerprint density at radius 2 is 2.04 bits per heavy atom. The third-order valence-corrected chi connectivity index (χ3v) is 4.35. The molecule has 7 nitrogen and oxygen atoms in total. The van der Waals surface area contributed by atoms with Crippen LogP contribution in [0.5, 0.6) is 0 Å². The fraction of sp³-hybridized carbons (Fsp3) is 0.111. The average Bonchev–Trinajstić information content (AvgIpc) is 3.31. The van der Waals surface area contributed by atoms with E-state index in [1.54, 1.807) is 12.1 Å². The first kappa shape index (κ1) is 16.3. The Kier molecular flexibility index (Phi) is 4.37. The van der Waals surface area contributed by atoms with E-state index < -0.39 is 0 Å². The second kappa shape index (κ2) is 6.97. The summed E-state index contributed by atoms with van der Waals surface area (Å²) in [7, 11) is 0. The summed E-state index contributed by atoms with van der Waals surface area (Å²) in [5.41, 5.74) is 2.23. The van der Waals surface area contributed by atoms with Crippen LogP contribution in [-0.2, 0) is 6.54 Å². The van der Waals surface area contributed by atoms with Gasteiger partial charge in [-0.2, -0.15) is 4.68 Å². The standard InChI is InChI=1S/C18H15ClN6O/c19-14-5-6-16-13(11-14)7-9-24(16)10-8-20-18(26)15-3-1-2-4-17(15)25-12-21-22-23-25/h1-7,9,11-12H,8,10H2,(H,20,26). The Labute approximate surface area is 154 Å². The van der Waals surface area contributed by atoms with E-state index in [2.05, 4.69) is 25.4 Å². The van der Waals surface area contributed by atoms with Crippen LogP contribution in [0.2, 0.25) is 5.02 Å². The number of nitrogens with zero attached hydrogens (tertiary/aromatic N) is 5. The number of carbonyl (C=O) groups excluding carboxylic acids is 1. The second-order valence-electron chi connectivity index (χ2n) is 5.74. The highest BCUT2D eigenvalue weighted by Crippen LogP contribution is 2.20. The zero-order chi connectivity index (χ0) is 17.9. The molecule has 0 fully saturated rings. The molecule has 0 bridgehead atoms. The van der Waals surface area contributed by atoms with Gasteiger partial charge in [0.1, 0.15) is 6.33 Å². The molecule has 130 valence electrons. The normalized spacial score (nSPS) is 11.0. The molecule has 0 aliphatic carbocycles. The van der Waals surface area contributed by atoms with Gasteiger partial charge in [0.15, 0.2) is 0 Å². The van der Waals surface area contributed by atoms with Gasteiger partial charge in [-0.1, -0.05) is 23.7 Å². The van der Waals surface area contributed by atoms with Crippen molar-refractivity contribution in [3.8, 4) is 5.69 Å². The summed E-state index contributed by atoms with van der Waals surface area (Å²) in [6, 6.07) is 15.0. The number of benzene rings is 2. The van der Waals surface area contributed by atoms with Crippen molar-refractivity contribution in [1.82, 2.24) is 30.1 Å². The number of tetrazole rings is 1. The van der Waals surface area contributed by atoms with Crippen molar-refractivity contribution in [2.45, 2.75) is 6.54 Å². The lowest BCUT2D eigenvalue weighted by molar-refractivity contribution is 0.0952. The van der Waals surface area contributed by atoms with Crippen LogP contribution in [-0.4, -0.2) is 37.2 Å². The molecule has 4 rings (SSSR count). The molecule has 0 radical (unpaired) electrons. The summed E-state index contributed by atoms with van der Waals surface area (Å²) >= 11 is 6.02. The van der Waals surface area contributed by atoms with Gasteiger partial charge in [0, 0.05) is 35.2 Å². The fourth-order valence-electron chi connectivity index (χ4n) is 2.89. The van der Waals surface area contributed by atoms with Gasteiger partial charge in [0.2, 0.25) is 0 Å². The van der Waals surface area contributed by atoms with E-state index in [9.17, 15) is 4.79 Å². The molecular weight excluding hydrogens is 352 g/mol. The van der Waals surface area contributed by atoms with Gasteiger partial charge in [-0.3, -0.25) is 4.79 Å². The maximum absolute atomic E-state index is 12.6. The van der Waals surface area contributed by atoms with Gasteiger partial charge in [0.05, 0.1) is 11.3 Å². The second-order valence-corrected chi connectivity index (χ2v) is 6.18. The minimum Gasteiger partial charge on any atom is -0.350 e. The largest absolute Gasteiger partial charge is 0.350 e. The van der Waals surface area contributed by atoms with Crippen LogP contribution in [0, 0.1) is 0 Å². The molecule has 0 saturated carbocycles. The molecule has 4 aromatic rings. The topological polar surface area (TPSA) is 77.6 Å². The van der Waals surface area contributed by atoms with Gasteiger partial charge in [0.25, 0.3) is 5.91 Å². The third-order valence-electron chi connectivity index (χ3n) is 4.12. The molecule has 8 heteroatoms. The molecule has 0 saturated heterocycles. The molecule has 0 unspecified atom stereocenters. The van der Waals surface area contributed by atoms with Crippen LogP contribution in [0.3, 0.4) is 0 Å². The summed E-state index contributed by atoms with van der Waals surface area (Å²) in [5.74, 6) is -0.171. The summed E-state index contributed by atoms with van der Waals surface area (Å²) in [5, 5.41) is 15.8. The SMILES string of the molecule is O=C(NCCn1ccc2cc(Cl)ccc21)c1ccccc1-n1cnnn1. The summed E-state index contributed by atoms with van der Waals surface area (Å²) < 4.78 is 3.55. The van der Waals surface area contributed by atoms with Crippen molar-refractivity contribution in [3.63, 3.8) is 0 Å². The number of rotatable bonds is 5. The number of nitrogens with one attached hydrogen (secondary N) is 1. The summed E-state index contributed by atoms with van der Waals surface area (Å²) in [6.07, 6.45) is 3.45. The highest BCUT2D eigenvalue weighted by atomic mass is 35.5. The Balaban J connectivity index is 1.46. The third kappa shape index (κ3) is 3.16. The van der Waals surface area contributed by atoms with Crippen LogP contribution < -0.4 is 5.32 Å². The van der Waals surface area contributed by atoms with Crippen LogP contribution in [0.15, 0.2) is 61.1 Å². The summed E-state index contributed by atoms with van der Waals surface area (Å²) in [6.45, 7) is 1.15. The predicted molar refractivity (Wildman–Crippen MR) is 98.4 cm³/mol. The highest BCUT2D eigenvalue weighted by molar-refractivity contribution is 6.31. The summed E-state index contributed by atoms with van der Waals surface area (Å²) in [4.78, 5) is 12.6. The van der Waals surface area contributed by atoms with Gasteiger partial charge in [-0.25, -0.2) is 0 Å². The smallest absolute Gasteiger partial charge is 0.253 e. The molecule has 1 N–H and O–H groups in total. The first-order valence-corrected chi connectivity index (χ1v) is 8.45. The fourth-order valence-corrected chi connectivity index (χ4v) is 3.07. The van der Waals surface area contributed by atoms with E-state index in [0.29, 0.717) is 29.4 Å². The molecule has 0 spiro atoms. The average molecular weight is 367 g/mol. The van der Waals surface area contributed by atoms with E-state index >= 15 is 0 Å². The van der Waals surface area contributed by atoms with E-state index in [1.807, 2.05) is 42.6 Å². The van der Waals surface area contributed by atoms with Crippen LogP contribution >= 0.6 is 11.6 Å². The minimum atomic E-state index is -0.171. The van der Waals surface area contributed by atoms with Gasteiger partial charge in [-0.15, -0.1) is 5.10 Å². The molecule has 0 aliphatic heterocycles. The maximum atomic E-state index is 12.6. The van der Waals surface area contributed by atoms with E-state index in [1.165, 1.54) is 11.0 Å².